The second-order valence-corrected chi connectivity index (χ2v) is 11.5. The first kappa shape index (κ1) is 27.7. The molecule has 1 aliphatic heterocycles. The third-order valence-electron chi connectivity index (χ3n) is 6.82. The molecule has 1 fully saturated rings. The molecule has 40 heavy (non-hydrogen) atoms. The van der Waals surface area contributed by atoms with E-state index in [0.29, 0.717) is 55.2 Å². The van der Waals surface area contributed by atoms with E-state index in [0.717, 1.165) is 20.7 Å². The Kier molecular flexibility index (Phi) is 7.14. The maximum absolute atomic E-state index is 13.6. The fourth-order valence-electron chi connectivity index (χ4n) is 4.59. The van der Waals surface area contributed by atoms with Crippen molar-refractivity contribution in [2.45, 2.75) is 19.5 Å². The van der Waals surface area contributed by atoms with E-state index < -0.39 is 21.9 Å². The number of carbonyl (C=O) groups is 1. The van der Waals surface area contributed by atoms with Crippen LogP contribution >= 0.6 is 0 Å². The Morgan fingerprint density at radius 3 is 2.55 bits per heavy atom. The molecule has 1 aliphatic rings. The highest BCUT2D eigenvalue weighted by atomic mass is 32.2. The number of aldehydes is 1. The number of fused-ring (bicyclic) bond motifs is 1. The summed E-state index contributed by atoms with van der Waals surface area (Å²) in [5, 5.41) is 4.72. The highest BCUT2D eigenvalue weighted by Crippen LogP contribution is 2.34. The number of alkyl halides is 3. The van der Waals surface area contributed by atoms with Crippen LogP contribution in [0.2, 0.25) is 0 Å². The molecule has 0 atom stereocenters. The predicted molar refractivity (Wildman–Crippen MR) is 140 cm³/mol. The smallest absolute Gasteiger partial charge is 0.378 e. The summed E-state index contributed by atoms with van der Waals surface area (Å²) < 4.78 is 75.0. The molecule has 0 amide bonds. The van der Waals surface area contributed by atoms with Crippen LogP contribution in [0.15, 0.2) is 36.8 Å². The van der Waals surface area contributed by atoms with E-state index in [1.54, 1.807) is 12.1 Å². The van der Waals surface area contributed by atoms with E-state index >= 15 is 0 Å². The average Bonchev–Trinajstić information content (AvgIpc) is 3.55. The number of ether oxygens (including phenoxy) is 1. The molecule has 0 unspecified atom stereocenters. The second kappa shape index (κ2) is 10.3. The van der Waals surface area contributed by atoms with Gasteiger partial charge in [-0.3, -0.25) is 4.79 Å². The molecule has 0 saturated carbocycles. The van der Waals surface area contributed by atoms with Crippen LogP contribution in [0.1, 0.15) is 32.9 Å². The van der Waals surface area contributed by atoms with Gasteiger partial charge in [-0.2, -0.15) is 25.9 Å². The van der Waals surface area contributed by atoms with Gasteiger partial charge in [-0.15, -0.1) is 5.10 Å². The molecular formula is C25H26F3N7O4S. The van der Waals surface area contributed by atoms with Gasteiger partial charge in [-0.05, 0) is 30.2 Å². The summed E-state index contributed by atoms with van der Waals surface area (Å²) in [6, 6.07) is 5.61. The van der Waals surface area contributed by atoms with Crippen molar-refractivity contribution in [3.63, 3.8) is 0 Å². The lowest BCUT2D eigenvalue weighted by atomic mass is 9.98. The quantitative estimate of drug-likeness (QED) is 0.308. The average molecular weight is 578 g/mol. The van der Waals surface area contributed by atoms with Crippen LogP contribution < -0.4 is 4.90 Å². The minimum Gasteiger partial charge on any atom is -0.378 e. The van der Waals surface area contributed by atoms with Crippen LogP contribution in [0.5, 0.6) is 0 Å². The van der Waals surface area contributed by atoms with Gasteiger partial charge < -0.3 is 9.64 Å². The van der Waals surface area contributed by atoms with E-state index in [1.807, 2.05) is 4.90 Å². The molecule has 0 bridgehead atoms. The number of carbonyl (C=O) groups excluding carboxylic acids is 1. The number of hydrogen-bond acceptors (Lipinski definition) is 8. The van der Waals surface area contributed by atoms with Gasteiger partial charge in [0, 0.05) is 39.8 Å². The van der Waals surface area contributed by atoms with Gasteiger partial charge in [-0.1, -0.05) is 12.1 Å². The summed E-state index contributed by atoms with van der Waals surface area (Å²) in [5.74, 6) is 0.493. The Labute approximate surface area is 228 Å². The molecule has 0 aliphatic carbocycles. The third kappa shape index (κ3) is 4.95. The second-order valence-electron chi connectivity index (χ2n) is 9.46. The van der Waals surface area contributed by atoms with Gasteiger partial charge in [0.05, 0.1) is 35.7 Å². The standard InChI is InChI=1S/C25H26F3N7O4S/c1-16-17(5-4-6-19(16)25(26,27)28)11-22-21(14-36)30-24-18(20-13-34(15-29-20)40(37,38)32(2)3)12-23(31-35(22)24)33-7-9-39-10-8-33/h4-6,12-15H,7-11H2,1-3H3. The van der Waals surface area contributed by atoms with Gasteiger partial charge in [-0.25, -0.2) is 18.5 Å². The molecule has 1 saturated heterocycles. The van der Waals surface area contributed by atoms with Crippen LogP contribution in [-0.4, -0.2) is 83.0 Å². The minimum atomic E-state index is -4.53. The Balaban J connectivity index is 1.71. The van der Waals surface area contributed by atoms with Gasteiger partial charge in [0.15, 0.2) is 17.8 Å². The fraction of sp³-hybridized carbons (Fsp3) is 0.360. The van der Waals surface area contributed by atoms with Crippen LogP contribution in [0, 0.1) is 6.92 Å². The maximum Gasteiger partial charge on any atom is 0.416 e. The molecule has 3 aromatic heterocycles. The van der Waals surface area contributed by atoms with Crippen molar-refractivity contribution in [3.8, 4) is 11.3 Å². The van der Waals surface area contributed by atoms with Crippen molar-refractivity contribution in [1.82, 2.24) is 27.9 Å². The number of nitrogens with zero attached hydrogens (tertiary/aromatic N) is 7. The summed E-state index contributed by atoms with van der Waals surface area (Å²) in [7, 11) is -1.06. The van der Waals surface area contributed by atoms with E-state index in [9.17, 15) is 26.4 Å². The minimum absolute atomic E-state index is 0.00466. The van der Waals surface area contributed by atoms with Crippen LogP contribution in [0.25, 0.3) is 16.9 Å². The number of rotatable bonds is 7. The Morgan fingerprint density at radius 2 is 1.90 bits per heavy atom. The lowest BCUT2D eigenvalue weighted by Crippen LogP contribution is -2.37. The van der Waals surface area contributed by atoms with Crippen LogP contribution in [0.3, 0.4) is 0 Å². The predicted octanol–water partition coefficient (Wildman–Crippen LogP) is 2.81. The zero-order chi connectivity index (χ0) is 28.8. The summed E-state index contributed by atoms with van der Waals surface area (Å²) >= 11 is 0. The monoisotopic (exact) mass is 577 g/mol. The highest BCUT2D eigenvalue weighted by Gasteiger charge is 2.33. The first-order chi connectivity index (χ1) is 18.9. The number of halogens is 3. The first-order valence-electron chi connectivity index (χ1n) is 12.3. The molecule has 4 aromatic rings. The topological polar surface area (TPSA) is 115 Å². The summed E-state index contributed by atoms with van der Waals surface area (Å²) in [6.07, 6.45) is -1.56. The number of imidazole rings is 2. The molecule has 0 spiro atoms. The molecule has 0 radical (unpaired) electrons. The Hall–Kier alpha value is -3.82. The zero-order valence-electron chi connectivity index (χ0n) is 21.9. The number of hydrogen-bond donors (Lipinski definition) is 0. The SMILES string of the molecule is Cc1c(Cc2c(C=O)nc3c(-c4cn(S(=O)(=O)N(C)C)cn4)cc(N4CCOCC4)nn23)cccc1C(F)(F)F. The molecule has 15 heteroatoms. The van der Waals surface area contributed by atoms with Crippen molar-refractivity contribution in [3.05, 3.63) is 64.9 Å². The van der Waals surface area contributed by atoms with Crippen molar-refractivity contribution >= 4 is 28.0 Å². The van der Waals surface area contributed by atoms with Crippen molar-refractivity contribution in [1.29, 1.82) is 0 Å². The Morgan fingerprint density at radius 1 is 1.18 bits per heavy atom. The number of anilines is 1. The normalized spacial score (nSPS) is 14.8. The molecule has 5 rings (SSSR count). The van der Waals surface area contributed by atoms with Gasteiger partial charge >= 0.3 is 16.4 Å². The summed E-state index contributed by atoms with van der Waals surface area (Å²) in [5.41, 5.74) is 0.818. The number of benzene rings is 1. The van der Waals surface area contributed by atoms with Crippen molar-refractivity contribution in [2.24, 2.45) is 0 Å². The van der Waals surface area contributed by atoms with E-state index in [-0.39, 0.29) is 29.0 Å². The van der Waals surface area contributed by atoms with Crippen LogP contribution in [0.4, 0.5) is 19.0 Å². The molecule has 0 N–H and O–H groups in total. The van der Waals surface area contributed by atoms with Crippen molar-refractivity contribution < 1.29 is 31.1 Å². The van der Waals surface area contributed by atoms with Crippen LogP contribution in [-0.2, 0) is 27.5 Å². The molecule has 1 aromatic carbocycles. The Bertz CT molecular complexity index is 1690. The highest BCUT2D eigenvalue weighted by molar-refractivity contribution is 7.87. The van der Waals surface area contributed by atoms with Gasteiger partial charge in [0.25, 0.3) is 0 Å². The lowest BCUT2D eigenvalue weighted by Gasteiger charge is -2.28. The van der Waals surface area contributed by atoms with Crippen molar-refractivity contribution in [2.75, 3.05) is 45.3 Å². The molecule has 212 valence electrons. The third-order valence-corrected chi connectivity index (χ3v) is 8.47. The molecule has 11 nitrogen and oxygen atoms in total. The van der Waals surface area contributed by atoms with Gasteiger partial charge in [0.2, 0.25) is 0 Å². The summed E-state index contributed by atoms with van der Waals surface area (Å²) in [4.78, 5) is 22.8. The maximum atomic E-state index is 13.6. The lowest BCUT2D eigenvalue weighted by molar-refractivity contribution is -0.138. The zero-order valence-corrected chi connectivity index (χ0v) is 22.7. The van der Waals surface area contributed by atoms with Gasteiger partial charge in [0.1, 0.15) is 12.0 Å². The number of morpholine rings is 1. The van der Waals surface area contributed by atoms with E-state index in [2.05, 4.69) is 9.97 Å². The van der Waals surface area contributed by atoms with E-state index in [1.165, 1.54) is 37.8 Å². The largest absolute Gasteiger partial charge is 0.416 e. The molecule has 4 heterocycles. The molecular weight excluding hydrogens is 551 g/mol. The van der Waals surface area contributed by atoms with E-state index in [4.69, 9.17) is 9.84 Å². The number of aromatic nitrogens is 5. The summed E-state index contributed by atoms with van der Waals surface area (Å²) in [6.45, 7) is 3.37. The fourth-order valence-corrected chi connectivity index (χ4v) is 5.36. The first-order valence-corrected chi connectivity index (χ1v) is 13.6.